The molecule has 2 heterocycles. The maximum Gasteiger partial charge on any atom is 0.0854 e. The number of aliphatic hydroxyl groups is 1. The van der Waals surface area contributed by atoms with Gasteiger partial charge in [0.15, 0.2) is 0 Å². The molecule has 1 aliphatic rings. The van der Waals surface area contributed by atoms with Gasteiger partial charge in [0.25, 0.3) is 0 Å². The Bertz CT molecular complexity index is 321. The van der Waals surface area contributed by atoms with Gasteiger partial charge < -0.3 is 9.84 Å². The molecule has 0 amide bonds. The molecule has 3 atom stereocenters. The predicted octanol–water partition coefficient (Wildman–Crippen LogP) is 2.91. The van der Waals surface area contributed by atoms with Crippen LogP contribution in [0.15, 0.2) is 11.4 Å². The Morgan fingerprint density at radius 3 is 3.07 bits per heavy atom. The maximum absolute atomic E-state index is 10.3. The molecule has 0 saturated carbocycles. The fraction of sp³-hybridized carbons (Fsp3) is 0.667. The monoisotopic (exact) mass is 226 g/mol. The first-order valence-corrected chi connectivity index (χ1v) is 6.45. The summed E-state index contributed by atoms with van der Waals surface area (Å²) in [6.45, 7) is 4.99. The maximum atomic E-state index is 10.3. The van der Waals surface area contributed by atoms with Crippen molar-refractivity contribution in [3.8, 4) is 0 Å². The summed E-state index contributed by atoms with van der Waals surface area (Å²) < 4.78 is 5.62. The van der Waals surface area contributed by atoms with Gasteiger partial charge in [-0.3, -0.25) is 0 Å². The zero-order chi connectivity index (χ0) is 10.8. The zero-order valence-electron chi connectivity index (χ0n) is 9.27. The van der Waals surface area contributed by atoms with Crippen molar-refractivity contribution >= 4 is 11.3 Å². The third-order valence-electron chi connectivity index (χ3n) is 3.29. The highest BCUT2D eigenvalue weighted by Crippen LogP contribution is 2.36. The van der Waals surface area contributed by atoms with Crippen LogP contribution in [-0.2, 0) is 4.74 Å². The number of rotatable bonds is 3. The van der Waals surface area contributed by atoms with Crippen molar-refractivity contribution in [3.05, 3.63) is 21.9 Å². The topological polar surface area (TPSA) is 29.5 Å². The molecule has 1 N–H and O–H groups in total. The van der Waals surface area contributed by atoms with Gasteiger partial charge in [0, 0.05) is 17.4 Å². The largest absolute Gasteiger partial charge is 0.388 e. The van der Waals surface area contributed by atoms with Gasteiger partial charge in [-0.25, -0.2) is 0 Å². The van der Waals surface area contributed by atoms with Gasteiger partial charge in [-0.05, 0) is 36.8 Å². The van der Waals surface area contributed by atoms with E-state index in [1.54, 1.807) is 11.3 Å². The van der Waals surface area contributed by atoms with Crippen molar-refractivity contribution in [2.75, 3.05) is 6.61 Å². The molecule has 0 radical (unpaired) electrons. The van der Waals surface area contributed by atoms with Gasteiger partial charge in [0.05, 0.1) is 12.2 Å². The second-order valence-electron chi connectivity index (χ2n) is 4.15. The van der Waals surface area contributed by atoms with E-state index in [1.165, 1.54) is 4.88 Å². The minimum Gasteiger partial charge on any atom is -0.388 e. The van der Waals surface area contributed by atoms with E-state index in [-0.39, 0.29) is 18.1 Å². The molecule has 3 unspecified atom stereocenters. The summed E-state index contributed by atoms with van der Waals surface area (Å²) in [5.41, 5.74) is 1.09. The lowest BCUT2D eigenvalue weighted by molar-refractivity contribution is 0.0307. The van der Waals surface area contributed by atoms with E-state index in [9.17, 15) is 5.11 Å². The molecule has 1 aromatic rings. The summed E-state index contributed by atoms with van der Waals surface area (Å²) in [7, 11) is 0. The van der Waals surface area contributed by atoms with Crippen molar-refractivity contribution in [1.82, 2.24) is 0 Å². The van der Waals surface area contributed by atoms with Crippen molar-refractivity contribution in [2.24, 2.45) is 5.92 Å². The molecule has 1 aromatic heterocycles. The Hall–Kier alpha value is -0.380. The summed E-state index contributed by atoms with van der Waals surface area (Å²) in [4.78, 5) is 1.23. The fourth-order valence-electron chi connectivity index (χ4n) is 2.38. The average Bonchev–Trinajstić information content (AvgIpc) is 2.84. The van der Waals surface area contributed by atoms with Crippen LogP contribution in [0, 0.1) is 12.8 Å². The van der Waals surface area contributed by atoms with Gasteiger partial charge in [0.2, 0.25) is 0 Å². The molecule has 84 valence electrons. The fourth-order valence-corrected chi connectivity index (χ4v) is 3.12. The van der Waals surface area contributed by atoms with Crippen LogP contribution < -0.4 is 0 Å². The molecule has 0 aliphatic carbocycles. The molecule has 0 spiro atoms. The lowest BCUT2D eigenvalue weighted by Gasteiger charge is -2.22. The Labute approximate surface area is 94.9 Å². The van der Waals surface area contributed by atoms with E-state index in [4.69, 9.17) is 4.74 Å². The van der Waals surface area contributed by atoms with E-state index in [0.29, 0.717) is 0 Å². The third kappa shape index (κ3) is 2.10. The second kappa shape index (κ2) is 4.64. The zero-order valence-corrected chi connectivity index (χ0v) is 10.1. The van der Waals surface area contributed by atoms with Gasteiger partial charge in [0.1, 0.15) is 0 Å². The standard InChI is InChI=1S/C12H18O2S/c1-3-11-10(4-6-14-11)12(13)9-5-7-15-8(9)2/h5,7,10-13H,3-4,6H2,1-2H3. The van der Waals surface area contributed by atoms with Gasteiger partial charge in [-0.15, -0.1) is 11.3 Å². The van der Waals surface area contributed by atoms with E-state index in [2.05, 4.69) is 13.8 Å². The number of thiophene rings is 1. The van der Waals surface area contributed by atoms with Crippen LogP contribution in [0.1, 0.15) is 36.3 Å². The highest BCUT2D eigenvalue weighted by atomic mass is 32.1. The molecular formula is C12H18O2S. The predicted molar refractivity (Wildman–Crippen MR) is 62.2 cm³/mol. The van der Waals surface area contributed by atoms with Gasteiger partial charge in [-0.2, -0.15) is 0 Å². The SMILES string of the molecule is CCC1OCCC1C(O)c1ccsc1C. The van der Waals surface area contributed by atoms with Crippen molar-refractivity contribution < 1.29 is 9.84 Å². The molecule has 1 fully saturated rings. The Balaban J connectivity index is 2.13. The van der Waals surface area contributed by atoms with E-state index >= 15 is 0 Å². The van der Waals surface area contributed by atoms with E-state index in [0.717, 1.165) is 25.0 Å². The van der Waals surface area contributed by atoms with Crippen LogP contribution in [0.4, 0.5) is 0 Å². The number of aliphatic hydroxyl groups excluding tert-OH is 1. The van der Waals surface area contributed by atoms with Crippen LogP contribution in [-0.4, -0.2) is 17.8 Å². The second-order valence-corrected chi connectivity index (χ2v) is 5.27. The summed E-state index contributed by atoms with van der Waals surface area (Å²) in [5, 5.41) is 12.4. The first kappa shape index (κ1) is 11.1. The number of hydrogen-bond acceptors (Lipinski definition) is 3. The van der Waals surface area contributed by atoms with Crippen LogP contribution in [0.5, 0.6) is 0 Å². The number of hydrogen-bond donors (Lipinski definition) is 1. The lowest BCUT2D eigenvalue weighted by Crippen LogP contribution is -2.22. The molecular weight excluding hydrogens is 208 g/mol. The summed E-state index contributed by atoms with van der Waals surface area (Å²) in [6, 6.07) is 2.04. The molecule has 0 bridgehead atoms. The normalized spacial score (nSPS) is 28.2. The van der Waals surface area contributed by atoms with Gasteiger partial charge >= 0.3 is 0 Å². The average molecular weight is 226 g/mol. The summed E-state index contributed by atoms with van der Waals surface area (Å²) >= 11 is 1.70. The minimum absolute atomic E-state index is 0.235. The van der Waals surface area contributed by atoms with Gasteiger partial charge in [-0.1, -0.05) is 6.92 Å². The van der Waals surface area contributed by atoms with Crippen LogP contribution in [0.3, 0.4) is 0 Å². The molecule has 15 heavy (non-hydrogen) atoms. The molecule has 1 aliphatic heterocycles. The molecule has 3 heteroatoms. The first-order chi connectivity index (χ1) is 7.24. The summed E-state index contributed by atoms with van der Waals surface area (Å²) in [5.74, 6) is 0.281. The highest BCUT2D eigenvalue weighted by Gasteiger charge is 2.34. The lowest BCUT2D eigenvalue weighted by atomic mass is 9.89. The first-order valence-electron chi connectivity index (χ1n) is 5.57. The van der Waals surface area contributed by atoms with Crippen molar-refractivity contribution in [3.63, 3.8) is 0 Å². The third-order valence-corrected chi connectivity index (χ3v) is 4.15. The van der Waals surface area contributed by atoms with Crippen LogP contribution in [0.2, 0.25) is 0 Å². The minimum atomic E-state index is -0.344. The molecule has 0 aromatic carbocycles. The van der Waals surface area contributed by atoms with Crippen LogP contribution >= 0.6 is 11.3 Å². The van der Waals surface area contributed by atoms with E-state index in [1.807, 2.05) is 11.4 Å². The Kier molecular flexibility index (Phi) is 3.44. The molecule has 1 saturated heterocycles. The van der Waals surface area contributed by atoms with Crippen molar-refractivity contribution in [1.29, 1.82) is 0 Å². The quantitative estimate of drug-likeness (QED) is 0.858. The van der Waals surface area contributed by atoms with Crippen LogP contribution in [0.25, 0.3) is 0 Å². The number of ether oxygens (including phenoxy) is 1. The summed E-state index contributed by atoms with van der Waals surface area (Å²) in [6.07, 6.45) is 1.86. The number of aryl methyl sites for hydroxylation is 1. The smallest absolute Gasteiger partial charge is 0.0854 e. The highest BCUT2D eigenvalue weighted by molar-refractivity contribution is 7.10. The van der Waals surface area contributed by atoms with E-state index < -0.39 is 0 Å². The molecule has 2 nitrogen and oxygen atoms in total. The Morgan fingerprint density at radius 1 is 1.67 bits per heavy atom. The van der Waals surface area contributed by atoms with Crippen molar-refractivity contribution in [2.45, 2.75) is 38.9 Å². The molecule has 2 rings (SSSR count). The Morgan fingerprint density at radius 2 is 2.47 bits per heavy atom.